The van der Waals surface area contributed by atoms with Gasteiger partial charge in [0.15, 0.2) is 0 Å². The van der Waals surface area contributed by atoms with Crippen LogP contribution >= 0.6 is 61.1 Å². The standard InChI is InChI=1S/C18H22BrI2N3O2/c1-24(2)6-3-7-26-17-14(20)8-12(9-15(17)21)4-5-22-18(25)16-10-13(19)11-23-16/h8-11,23H,3-7H2,1-2H3,(H,22,25). The van der Waals surface area contributed by atoms with E-state index >= 15 is 0 Å². The zero-order valence-electron chi connectivity index (χ0n) is 14.7. The van der Waals surface area contributed by atoms with Crippen LogP contribution in [-0.4, -0.2) is 49.6 Å². The number of ether oxygens (including phenoxy) is 1. The van der Waals surface area contributed by atoms with Gasteiger partial charge in [-0.15, -0.1) is 0 Å². The number of aromatic amines is 1. The number of rotatable bonds is 9. The summed E-state index contributed by atoms with van der Waals surface area (Å²) in [5.41, 5.74) is 1.75. The predicted octanol–water partition coefficient (Wildman–Crippen LogP) is 4.29. The Labute approximate surface area is 190 Å². The molecule has 0 bridgehead atoms. The molecule has 0 atom stereocenters. The summed E-state index contributed by atoms with van der Waals surface area (Å²) in [6.07, 6.45) is 3.53. The Morgan fingerprint density at radius 1 is 1.27 bits per heavy atom. The minimum atomic E-state index is -0.0964. The molecular weight excluding hydrogens is 624 g/mol. The van der Waals surface area contributed by atoms with Gasteiger partial charge in [0.05, 0.1) is 13.7 Å². The van der Waals surface area contributed by atoms with Crippen molar-refractivity contribution in [3.8, 4) is 5.75 Å². The SMILES string of the molecule is CN(C)CCCOc1c(I)cc(CCNC(=O)c2cc(Br)c[nH]2)cc1I. The lowest BCUT2D eigenvalue weighted by Crippen LogP contribution is -2.26. The summed E-state index contributed by atoms with van der Waals surface area (Å²) in [5.74, 6) is 0.856. The Balaban J connectivity index is 1.85. The van der Waals surface area contributed by atoms with Crippen LogP contribution in [0.2, 0.25) is 0 Å². The molecular formula is C18H22BrI2N3O2. The first-order valence-electron chi connectivity index (χ1n) is 8.24. The van der Waals surface area contributed by atoms with E-state index in [0.29, 0.717) is 18.8 Å². The third-order valence-electron chi connectivity index (χ3n) is 3.65. The van der Waals surface area contributed by atoms with E-state index in [1.54, 1.807) is 12.3 Å². The number of aromatic nitrogens is 1. The lowest BCUT2D eigenvalue weighted by molar-refractivity contribution is 0.0949. The maximum atomic E-state index is 12.0. The van der Waals surface area contributed by atoms with Gasteiger partial charge in [-0.3, -0.25) is 4.79 Å². The van der Waals surface area contributed by atoms with Crippen molar-refractivity contribution in [1.29, 1.82) is 0 Å². The van der Waals surface area contributed by atoms with Gasteiger partial charge in [0.1, 0.15) is 11.4 Å². The van der Waals surface area contributed by atoms with Crippen LogP contribution in [-0.2, 0) is 6.42 Å². The van der Waals surface area contributed by atoms with Crippen LogP contribution in [0.1, 0.15) is 22.5 Å². The highest BCUT2D eigenvalue weighted by atomic mass is 127. The molecule has 142 valence electrons. The van der Waals surface area contributed by atoms with Crippen LogP contribution < -0.4 is 10.1 Å². The van der Waals surface area contributed by atoms with Crippen molar-refractivity contribution in [3.63, 3.8) is 0 Å². The quantitative estimate of drug-likeness (QED) is 0.316. The minimum absolute atomic E-state index is 0.0964. The molecule has 26 heavy (non-hydrogen) atoms. The van der Waals surface area contributed by atoms with Gasteiger partial charge in [-0.05, 0) is 112 Å². The van der Waals surface area contributed by atoms with E-state index in [-0.39, 0.29) is 5.91 Å². The minimum Gasteiger partial charge on any atom is -0.491 e. The molecule has 2 N–H and O–H groups in total. The number of nitrogens with zero attached hydrogens (tertiary/aromatic N) is 1. The lowest BCUT2D eigenvalue weighted by Gasteiger charge is -2.14. The van der Waals surface area contributed by atoms with Gasteiger partial charge in [0.2, 0.25) is 0 Å². The molecule has 8 heteroatoms. The number of halogens is 3. The summed E-state index contributed by atoms with van der Waals surface area (Å²) >= 11 is 7.96. The molecule has 0 saturated heterocycles. The monoisotopic (exact) mass is 645 g/mol. The number of carbonyl (C=O) groups is 1. The Kier molecular flexibility index (Phi) is 9.18. The van der Waals surface area contributed by atoms with Crippen LogP contribution in [0.3, 0.4) is 0 Å². The first kappa shape index (κ1) is 22.0. The third kappa shape index (κ3) is 7.01. The Hall–Kier alpha value is -0.330. The van der Waals surface area contributed by atoms with E-state index < -0.39 is 0 Å². The number of benzene rings is 1. The molecule has 0 radical (unpaired) electrons. The van der Waals surface area contributed by atoms with Gasteiger partial charge in [-0.25, -0.2) is 0 Å². The molecule has 1 aromatic heterocycles. The van der Waals surface area contributed by atoms with E-state index in [4.69, 9.17) is 4.74 Å². The number of amides is 1. The van der Waals surface area contributed by atoms with Gasteiger partial charge in [0, 0.05) is 23.8 Å². The number of hydrogen-bond donors (Lipinski definition) is 2. The van der Waals surface area contributed by atoms with Gasteiger partial charge in [-0.2, -0.15) is 0 Å². The first-order valence-corrected chi connectivity index (χ1v) is 11.2. The summed E-state index contributed by atoms with van der Waals surface area (Å²) in [5, 5.41) is 2.93. The zero-order valence-corrected chi connectivity index (χ0v) is 20.6. The van der Waals surface area contributed by atoms with Crippen molar-refractivity contribution in [2.45, 2.75) is 12.8 Å². The highest BCUT2D eigenvalue weighted by Gasteiger charge is 2.11. The van der Waals surface area contributed by atoms with Crippen molar-refractivity contribution in [1.82, 2.24) is 15.2 Å². The fourth-order valence-corrected chi connectivity index (χ4v) is 4.92. The third-order valence-corrected chi connectivity index (χ3v) is 5.71. The highest BCUT2D eigenvalue weighted by molar-refractivity contribution is 14.1. The summed E-state index contributed by atoms with van der Waals surface area (Å²) in [4.78, 5) is 17.1. The van der Waals surface area contributed by atoms with Crippen molar-refractivity contribution >= 4 is 67.0 Å². The number of nitrogens with one attached hydrogen (secondary N) is 2. The maximum Gasteiger partial charge on any atom is 0.267 e. The molecule has 1 aromatic carbocycles. The van der Waals surface area contributed by atoms with Gasteiger partial charge in [-0.1, -0.05) is 0 Å². The second-order valence-corrected chi connectivity index (χ2v) is 9.37. The zero-order chi connectivity index (χ0) is 19.1. The normalized spacial score (nSPS) is 11.0. The van der Waals surface area contributed by atoms with Gasteiger partial charge < -0.3 is 19.9 Å². The summed E-state index contributed by atoms with van der Waals surface area (Å²) < 4.78 is 9.04. The van der Waals surface area contributed by atoms with Crippen LogP contribution in [0.15, 0.2) is 28.9 Å². The molecule has 0 spiro atoms. The van der Waals surface area contributed by atoms with Crippen LogP contribution in [0.4, 0.5) is 0 Å². The molecule has 1 heterocycles. The van der Waals surface area contributed by atoms with Gasteiger partial charge >= 0.3 is 0 Å². The molecule has 0 fully saturated rings. The Morgan fingerprint density at radius 3 is 2.54 bits per heavy atom. The van der Waals surface area contributed by atoms with E-state index in [2.05, 4.69) is 103 Å². The number of H-pyrrole nitrogens is 1. The van der Waals surface area contributed by atoms with Crippen LogP contribution in [0, 0.1) is 7.14 Å². The Bertz CT molecular complexity index is 727. The molecule has 0 aliphatic heterocycles. The fraction of sp³-hybridized carbons (Fsp3) is 0.389. The summed E-state index contributed by atoms with van der Waals surface area (Å²) in [6, 6.07) is 6.02. The second-order valence-electron chi connectivity index (χ2n) is 6.13. The average molecular weight is 646 g/mol. The highest BCUT2D eigenvalue weighted by Crippen LogP contribution is 2.29. The lowest BCUT2D eigenvalue weighted by atomic mass is 10.1. The first-order chi connectivity index (χ1) is 12.4. The topological polar surface area (TPSA) is 57.4 Å². The largest absolute Gasteiger partial charge is 0.491 e. The fourth-order valence-electron chi connectivity index (χ4n) is 2.36. The molecule has 0 aliphatic rings. The summed E-state index contributed by atoms with van der Waals surface area (Å²) in [6.45, 7) is 2.32. The maximum absolute atomic E-state index is 12.0. The predicted molar refractivity (Wildman–Crippen MR) is 125 cm³/mol. The van der Waals surface area contributed by atoms with Crippen molar-refractivity contribution in [2.24, 2.45) is 0 Å². The molecule has 0 saturated carbocycles. The van der Waals surface area contributed by atoms with Crippen molar-refractivity contribution < 1.29 is 9.53 Å². The van der Waals surface area contributed by atoms with Gasteiger partial charge in [0.25, 0.3) is 5.91 Å². The van der Waals surface area contributed by atoms with Crippen molar-refractivity contribution in [3.05, 3.63) is 47.3 Å². The van der Waals surface area contributed by atoms with Crippen LogP contribution in [0.5, 0.6) is 5.75 Å². The second kappa shape index (κ2) is 10.9. The van der Waals surface area contributed by atoms with Crippen LogP contribution in [0.25, 0.3) is 0 Å². The van der Waals surface area contributed by atoms with E-state index in [1.165, 1.54) is 5.56 Å². The molecule has 2 rings (SSSR count). The molecule has 0 unspecified atom stereocenters. The molecule has 2 aromatic rings. The van der Waals surface area contributed by atoms with E-state index in [0.717, 1.165) is 36.7 Å². The smallest absolute Gasteiger partial charge is 0.267 e. The summed E-state index contributed by atoms with van der Waals surface area (Å²) in [7, 11) is 4.13. The van der Waals surface area contributed by atoms with E-state index in [9.17, 15) is 4.79 Å². The number of carbonyl (C=O) groups excluding carboxylic acids is 1. The Morgan fingerprint density at radius 2 is 1.96 bits per heavy atom. The molecule has 0 aliphatic carbocycles. The molecule has 5 nitrogen and oxygen atoms in total. The average Bonchev–Trinajstić information content (AvgIpc) is 2.99. The van der Waals surface area contributed by atoms with E-state index in [1.807, 2.05) is 0 Å². The molecule has 1 amide bonds. The number of hydrogen-bond acceptors (Lipinski definition) is 3. The van der Waals surface area contributed by atoms with Crippen molar-refractivity contribution in [2.75, 3.05) is 33.8 Å².